The van der Waals surface area contributed by atoms with E-state index in [9.17, 15) is 0 Å². The Morgan fingerprint density at radius 1 is 1.23 bits per heavy atom. The van der Waals surface area contributed by atoms with Gasteiger partial charge in [0.15, 0.2) is 0 Å². The number of aromatic nitrogens is 4. The van der Waals surface area contributed by atoms with E-state index in [0.29, 0.717) is 6.54 Å². The lowest BCUT2D eigenvalue weighted by Gasteiger charge is -2.17. The van der Waals surface area contributed by atoms with Crippen LogP contribution < -0.4 is 15.9 Å². The molecule has 0 saturated heterocycles. The maximum Gasteiger partial charge on any atom is 0.260 e. The lowest BCUT2D eigenvalue weighted by Crippen LogP contribution is -2.19. The Kier molecular flexibility index (Phi) is 3.78. The van der Waals surface area contributed by atoms with Gasteiger partial charge in [0, 0.05) is 5.56 Å². The molecule has 0 unspecified atom stereocenters. The summed E-state index contributed by atoms with van der Waals surface area (Å²) < 4.78 is 5.92. The van der Waals surface area contributed by atoms with Crippen molar-refractivity contribution in [3.05, 3.63) is 42.0 Å². The van der Waals surface area contributed by atoms with Crippen LogP contribution in [0.2, 0.25) is 0 Å². The molecule has 0 aliphatic rings. The van der Waals surface area contributed by atoms with Gasteiger partial charge in [-0.1, -0.05) is 35.4 Å². The van der Waals surface area contributed by atoms with Crippen molar-refractivity contribution in [1.29, 1.82) is 0 Å². The van der Waals surface area contributed by atoms with E-state index < -0.39 is 0 Å². The molecule has 3 aromatic rings. The quantitative estimate of drug-likeness (QED) is 0.748. The summed E-state index contributed by atoms with van der Waals surface area (Å²) in [7, 11) is 0. The third kappa shape index (κ3) is 2.78. The first-order chi connectivity index (χ1) is 10.6. The van der Waals surface area contributed by atoms with Crippen molar-refractivity contribution in [2.24, 2.45) is 0 Å². The summed E-state index contributed by atoms with van der Waals surface area (Å²) >= 11 is 0. The van der Waals surface area contributed by atoms with Crippen LogP contribution in [0.15, 0.2) is 36.4 Å². The number of nitrogens with zero attached hydrogens (tertiary/aromatic N) is 4. The van der Waals surface area contributed by atoms with Crippen LogP contribution in [0, 0.1) is 0 Å². The monoisotopic (exact) mass is 298 g/mol. The molecular weight excluding hydrogens is 280 g/mol. The van der Waals surface area contributed by atoms with E-state index in [2.05, 4.69) is 39.2 Å². The van der Waals surface area contributed by atoms with Crippen LogP contribution in [0.3, 0.4) is 0 Å². The fraction of sp³-hybridized carbons (Fsp3) is 0.267. The van der Waals surface area contributed by atoms with Gasteiger partial charge in [-0.2, -0.15) is 0 Å². The predicted molar refractivity (Wildman–Crippen MR) is 85.0 cm³/mol. The van der Waals surface area contributed by atoms with Gasteiger partial charge in [0.05, 0.1) is 12.6 Å². The third-order valence-corrected chi connectivity index (χ3v) is 3.26. The smallest absolute Gasteiger partial charge is 0.260 e. The Morgan fingerprint density at radius 3 is 2.77 bits per heavy atom. The van der Waals surface area contributed by atoms with Gasteiger partial charge in [0.1, 0.15) is 5.75 Å². The summed E-state index contributed by atoms with van der Waals surface area (Å²) in [6, 6.07) is 12.2. The van der Waals surface area contributed by atoms with Crippen molar-refractivity contribution in [3.63, 3.8) is 0 Å². The normalized spacial score (nSPS) is 11.0. The molecule has 0 atom stereocenters. The van der Waals surface area contributed by atoms with Gasteiger partial charge >= 0.3 is 0 Å². The zero-order chi connectivity index (χ0) is 15.5. The first-order valence-corrected chi connectivity index (χ1v) is 7.10. The number of hydrogen-bond acceptors (Lipinski definition) is 6. The molecule has 0 bridgehead atoms. The van der Waals surface area contributed by atoms with Gasteiger partial charge in [-0.15, -0.1) is 4.79 Å². The van der Waals surface area contributed by atoms with Crippen LogP contribution in [0.1, 0.15) is 19.4 Å². The predicted octanol–water partition coefficient (Wildman–Crippen LogP) is 1.94. The molecule has 0 saturated carbocycles. The van der Waals surface area contributed by atoms with E-state index in [4.69, 9.17) is 10.5 Å². The number of nitrogens with two attached hydrogens (primary N) is 1. The van der Waals surface area contributed by atoms with Crippen LogP contribution in [-0.2, 0) is 6.54 Å². The summed E-state index contributed by atoms with van der Waals surface area (Å²) in [4.78, 5) is 1.35. The number of tetrazole rings is 1. The van der Waals surface area contributed by atoms with Crippen molar-refractivity contribution < 1.29 is 4.74 Å². The lowest BCUT2D eigenvalue weighted by atomic mass is 10.0. The molecule has 0 aliphatic heterocycles. The SMILES string of the molecule is CC(C)Oc1ccc2ccccc2c1CNn1nnnc1N. The van der Waals surface area contributed by atoms with E-state index in [0.717, 1.165) is 22.1 Å². The number of ether oxygens (including phenoxy) is 1. The first kappa shape index (κ1) is 14.1. The minimum absolute atomic E-state index is 0.0954. The molecule has 0 amide bonds. The number of fused-ring (bicyclic) bond motifs is 1. The lowest BCUT2D eigenvalue weighted by molar-refractivity contribution is 0.240. The number of nitrogen functional groups attached to an aromatic ring is 1. The molecule has 1 aromatic heterocycles. The fourth-order valence-corrected chi connectivity index (χ4v) is 2.32. The highest BCUT2D eigenvalue weighted by Gasteiger charge is 2.11. The number of benzene rings is 2. The third-order valence-electron chi connectivity index (χ3n) is 3.26. The summed E-state index contributed by atoms with van der Waals surface area (Å²) in [6.07, 6.45) is 0.0954. The van der Waals surface area contributed by atoms with Crippen molar-refractivity contribution >= 4 is 16.7 Å². The molecule has 22 heavy (non-hydrogen) atoms. The Balaban J connectivity index is 1.98. The maximum absolute atomic E-state index is 5.92. The molecule has 0 radical (unpaired) electrons. The van der Waals surface area contributed by atoms with Gasteiger partial charge in [-0.3, -0.25) is 0 Å². The van der Waals surface area contributed by atoms with E-state index in [1.165, 1.54) is 4.79 Å². The first-order valence-electron chi connectivity index (χ1n) is 7.10. The summed E-state index contributed by atoms with van der Waals surface area (Å²) in [5, 5.41) is 13.2. The number of rotatable bonds is 5. The molecule has 0 spiro atoms. The molecule has 114 valence electrons. The Morgan fingerprint density at radius 2 is 2.05 bits per heavy atom. The minimum atomic E-state index is 0.0954. The largest absolute Gasteiger partial charge is 0.491 e. The van der Waals surface area contributed by atoms with Crippen LogP contribution in [0.25, 0.3) is 10.8 Å². The van der Waals surface area contributed by atoms with Crippen LogP contribution >= 0.6 is 0 Å². The van der Waals surface area contributed by atoms with Crippen LogP contribution in [0.5, 0.6) is 5.75 Å². The second-order valence-electron chi connectivity index (χ2n) is 5.21. The van der Waals surface area contributed by atoms with Gasteiger partial charge in [0.2, 0.25) is 0 Å². The summed E-state index contributed by atoms with van der Waals surface area (Å²) in [6.45, 7) is 4.51. The molecule has 0 fully saturated rings. The maximum atomic E-state index is 5.92. The summed E-state index contributed by atoms with van der Waals surface area (Å²) in [5.41, 5.74) is 9.80. The molecule has 2 aromatic carbocycles. The number of nitrogens with one attached hydrogen (secondary N) is 1. The van der Waals surface area contributed by atoms with E-state index in [1.807, 2.05) is 32.0 Å². The number of anilines is 1. The molecule has 7 nitrogen and oxygen atoms in total. The zero-order valence-corrected chi connectivity index (χ0v) is 12.5. The van der Waals surface area contributed by atoms with Crippen LogP contribution in [-0.4, -0.2) is 26.4 Å². The van der Waals surface area contributed by atoms with E-state index >= 15 is 0 Å². The van der Waals surface area contributed by atoms with Gasteiger partial charge < -0.3 is 15.9 Å². The zero-order valence-electron chi connectivity index (χ0n) is 12.5. The standard InChI is InChI=1S/C15H18N6O/c1-10(2)22-14-8-7-11-5-3-4-6-12(11)13(14)9-17-21-15(16)18-19-20-21/h3-8,10,17H,9H2,1-2H3,(H2,16,18,20). The second kappa shape index (κ2) is 5.88. The minimum Gasteiger partial charge on any atom is -0.491 e. The van der Waals surface area contributed by atoms with E-state index in [-0.39, 0.29) is 12.1 Å². The Hall–Kier alpha value is -2.83. The topological polar surface area (TPSA) is 90.9 Å². The number of hydrogen-bond donors (Lipinski definition) is 2. The molecule has 3 rings (SSSR count). The highest BCUT2D eigenvalue weighted by atomic mass is 16.5. The van der Waals surface area contributed by atoms with E-state index in [1.54, 1.807) is 0 Å². The molecular formula is C15H18N6O. The van der Waals surface area contributed by atoms with Crippen molar-refractivity contribution in [3.8, 4) is 5.75 Å². The van der Waals surface area contributed by atoms with Crippen LogP contribution in [0.4, 0.5) is 5.95 Å². The Bertz CT molecular complexity index is 783. The van der Waals surface area contributed by atoms with Crippen molar-refractivity contribution in [2.45, 2.75) is 26.5 Å². The Labute approximate surface area is 128 Å². The summed E-state index contributed by atoms with van der Waals surface area (Å²) in [5.74, 6) is 1.06. The average Bonchev–Trinajstić information content (AvgIpc) is 2.91. The second-order valence-corrected chi connectivity index (χ2v) is 5.21. The van der Waals surface area contributed by atoms with Crippen molar-refractivity contribution in [1.82, 2.24) is 20.3 Å². The highest BCUT2D eigenvalue weighted by molar-refractivity contribution is 5.87. The average molecular weight is 298 g/mol. The van der Waals surface area contributed by atoms with Gasteiger partial charge in [0.25, 0.3) is 5.95 Å². The van der Waals surface area contributed by atoms with Gasteiger partial charge in [-0.05, 0) is 41.1 Å². The molecule has 3 N–H and O–H groups in total. The van der Waals surface area contributed by atoms with Crippen molar-refractivity contribution in [2.75, 3.05) is 11.2 Å². The fourth-order valence-electron chi connectivity index (χ4n) is 2.32. The molecule has 1 heterocycles. The molecule has 0 aliphatic carbocycles. The highest BCUT2D eigenvalue weighted by Crippen LogP contribution is 2.29. The van der Waals surface area contributed by atoms with Gasteiger partial charge in [-0.25, -0.2) is 0 Å². The molecule has 7 heteroatoms.